The maximum absolute atomic E-state index is 5.43. The van der Waals surface area contributed by atoms with E-state index in [0.717, 1.165) is 27.3 Å². The summed E-state index contributed by atoms with van der Waals surface area (Å²) in [5.41, 5.74) is 2.29. The molecule has 0 saturated heterocycles. The molecule has 1 atom stereocenters. The Bertz CT molecular complexity index is 601. The zero-order chi connectivity index (χ0) is 13.9. The number of nitrogens with one attached hydrogen (secondary N) is 1. The monoisotopic (exact) mass is 308 g/mol. The zero-order valence-electron chi connectivity index (χ0n) is 11.4. The number of fused-ring (bicyclic) bond motifs is 1. The van der Waals surface area contributed by atoms with Crippen molar-refractivity contribution in [1.29, 1.82) is 0 Å². The molecule has 0 fully saturated rings. The Labute approximate surface area is 126 Å². The molecule has 1 aliphatic rings. The van der Waals surface area contributed by atoms with Crippen LogP contribution < -0.4 is 14.8 Å². The molecule has 20 heavy (non-hydrogen) atoms. The number of aryl methyl sites for hydroxylation is 1. The normalized spacial score (nSPS) is 14.5. The van der Waals surface area contributed by atoms with Crippen LogP contribution in [0.25, 0.3) is 0 Å². The molecule has 0 aliphatic carbocycles. The largest absolute Gasteiger partial charge is 0.454 e. The van der Waals surface area contributed by atoms with Crippen molar-refractivity contribution in [1.82, 2.24) is 10.3 Å². The maximum atomic E-state index is 5.43. The predicted octanol–water partition coefficient (Wildman–Crippen LogP) is 3.23. The molecular weight excluding hydrogens is 292 g/mol. The molecular formula is C14H16N2O2S2. The summed E-state index contributed by atoms with van der Waals surface area (Å²) < 4.78 is 11.9. The van der Waals surface area contributed by atoms with Gasteiger partial charge in [0.15, 0.2) is 11.5 Å². The first-order valence-corrected chi connectivity index (χ1v) is 8.24. The average Bonchev–Trinajstić information content (AvgIpc) is 3.07. The average molecular weight is 308 g/mol. The first-order chi connectivity index (χ1) is 9.76. The number of hydrogen-bond donors (Lipinski definition) is 1. The van der Waals surface area contributed by atoms with E-state index in [-0.39, 0.29) is 6.04 Å². The number of nitrogens with zero attached hydrogens (tertiary/aromatic N) is 1. The van der Waals surface area contributed by atoms with Gasteiger partial charge in [0.2, 0.25) is 6.79 Å². The van der Waals surface area contributed by atoms with E-state index in [1.807, 2.05) is 20.0 Å². The molecule has 1 aromatic heterocycles. The van der Waals surface area contributed by atoms with Crippen LogP contribution in [0.4, 0.5) is 0 Å². The van der Waals surface area contributed by atoms with E-state index in [9.17, 15) is 0 Å². The molecule has 6 heteroatoms. The Kier molecular flexibility index (Phi) is 4.14. The van der Waals surface area contributed by atoms with Crippen LogP contribution in [0.15, 0.2) is 27.9 Å². The van der Waals surface area contributed by atoms with Gasteiger partial charge in [-0.1, -0.05) is 17.8 Å². The molecule has 2 heterocycles. The van der Waals surface area contributed by atoms with E-state index in [4.69, 9.17) is 9.47 Å². The van der Waals surface area contributed by atoms with Crippen molar-refractivity contribution in [2.75, 3.05) is 19.6 Å². The minimum atomic E-state index is 0.263. The first kappa shape index (κ1) is 13.7. The molecule has 4 nitrogen and oxygen atoms in total. The lowest BCUT2D eigenvalue weighted by molar-refractivity contribution is 0.174. The van der Waals surface area contributed by atoms with Crippen LogP contribution in [0, 0.1) is 6.92 Å². The lowest BCUT2D eigenvalue weighted by Gasteiger charge is -2.16. The first-order valence-electron chi connectivity index (χ1n) is 6.38. The third kappa shape index (κ3) is 2.92. The summed E-state index contributed by atoms with van der Waals surface area (Å²) in [5.74, 6) is 2.59. The van der Waals surface area contributed by atoms with Gasteiger partial charge in [0, 0.05) is 22.9 Å². The zero-order valence-corrected chi connectivity index (χ0v) is 13.0. The molecule has 1 aromatic carbocycles. The second-order valence-corrected chi connectivity index (χ2v) is 6.64. The quantitative estimate of drug-likeness (QED) is 0.859. The van der Waals surface area contributed by atoms with Gasteiger partial charge in [-0.25, -0.2) is 4.98 Å². The predicted molar refractivity (Wildman–Crippen MR) is 81.9 cm³/mol. The van der Waals surface area contributed by atoms with E-state index in [1.54, 1.807) is 23.1 Å². The highest BCUT2D eigenvalue weighted by Gasteiger charge is 2.17. The highest BCUT2D eigenvalue weighted by Crippen LogP contribution is 2.35. The molecule has 0 spiro atoms. The Morgan fingerprint density at radius 2 is 2.25 bits per heavy atom. The van der Waals surface area contributed by atoms with Crippen LogP contribution in [0.1, 0.15) is 17.3 Å². The fraction of sp³-hybridized carbons (Fsp3) is 0.357. The highest BCUT2D eigenvalue weighted by molar-refractivity contribution is 8.01. The van der Waals surface area contributed by atoms with Crippen LogP contribution in [-0.2, 0) is 0 Å². The summed E-state index contributed by atoms with van der Waals surface area (Å²) in [6, 6.07) is 6.37. The topological polar surface area (TPSA) is 43.4 Å². The van der Waals surface area contributed by atoms with Gasteiger partial charge in [-0.05, 0) is 31.7 Å². The lowest BCUT2D eigenvalue weighted by atomic mass is 10.1. The molecule has 106 valence electrons. The van der Waals surface area contributed by atoms with Crippen molar-refractivity contribution < 1.29 is 9.47 Å². The third-order valence-electron chi connectivity index (χ3n) is 3.12. The Morgan fingerprint density at radius 1 is 1.40 bits per heavy atom. The third-order valence-corrected chi connectivity index (χ3v) is 5.35. The van der Waals surface area contributed by atoms with E-state index in [1.165, 1.54) is 5.56 Å². The molecule has 2 aromatic rings. The second kappa shape index (κ2) is 6.03. The van der Waals surface area contributed by atoms with Crippen LogP contribution >= 0.6 is 23.1 Å². The second-order valence-electron chi connectivity index (χ2n) is 4.52. The molecule has 0 radical (unpaired) electrons. The molecule has 1 N–H and O–H groups in total. The van der Waals surface area contributed by atoms with E-state index < -0.39 is 0 Å². The molecule has 0 bridgehead atoms. The van der Waals surface area contributed by atoms with Crippen molar-refractivity contribution in [2.45, 2.75) is 17.3 Å². The summed E-state index contributed by atoms with van der Waals surface area (Å²) >= 11 is 3.47. The molecule has 1 unspecified atom stereocenters. The Hall–Kier alpha value is -1.24. The van der Waals surface area contributed by atoms with Crippen molar-refractivity contribution in [3.05, 3.63) is 34.8 Å². The van der Waals surface area contributed by atoms with Gasteiger partial charge in [-0.2, -0.15) is 0 Å². The number of thioether (sulfide) groups is 1. The summed E-state index contributed by atoms with van der Waals surface area (Å²) in [5, 5.41) is 5.43. The smallest absolute Gasteiger partial charge is 0.231 e. The van der Waals surface area contributed by atoms with E-state index >= 15 is 0 Å². The number of ether oxygens (including phenoxy) is 2. The number of rotatable bonds is 5. The fourth-order valence-corrected chi connectivity index (χ4v) is 4.05. The number of hydrogen-bond acceptors (Lipinski definition) is 6. The van der Waals surface area contributed by atoms with Crippen LogP contribution in [-0.4, -0.2) is 24.6 Å². The molecule has 1 aliphatic heterocycles. The van der Waals surface area contributed by atoms with E-state index in [0.29, 0.717) is 6.79 Å². The van der Waals surface area contributed by atoms with Crippen molar-refractivity contribution in [3.63, 3.8) is 0 Å². The minimum absolute atomic E-state index is 0.263. The van der Waals surface area contributed by atoms with Gasteiger partial charge in [-0.15, -0.1) is 11.3 Å². The van der Waals surface area contributed by atoms with Gasteiger partial charge < -0.3 is 14.8 Å². The van der Waals surface area contributed by atoms with Gasteiger partial charge in [0.1, 0.15) is 4.34 Å². The van der Waals surface area contributed by atoms with Crippen molar-refractivity contribution in [2.24, 2.45) is 0 Å². The van der Waals surface area contributed by atoms with Gasteiger partial charge in [0.05, 0.1) is 0 Å². The van der Waals surface area contributed by atoms with Gasteiger partial charge in [-0.3, -0.25) is 0 Å². The minimum Gasteiger partial charge on any atom is -0.454 e. The molecule has 3 rings (SSSR count). The van der Waals surface area contributed by atoms with E-state index in [2.05, 4.69) is 27.8 Å². The summed E-state index contributed by atoms with van der Waals surface area (Å²) in [6.07, 6.45) is 0. The number of thiazole rings is 1. The van der Waals surface area contributed by atoms with Crippen molar-refractivity contribution >= 4 is 23.1 Å². The Morgan fingerprint density at radius 3 is 3.00 bits per heavy atom. The molecule has 0 saturated carbocycles. The standard InChI is InChI=1S/C14H16N2O2S2/c1-9-6-19-14(16-9)20-7-11(15-2)10-3-4-12-13(5-10)18-8-17-12/h3-6,11,15H,7-8H2,1-2H3. The number of aromatic nitrogens is 1. The highest BCUT2D eigenvalue weighted by atomic mass is 32.2. The summed E-state index contributed by atoms with van der Waals surface area (Å²) in [6.45, 7) is 2.34. The Balaban J connectivity index is 1.69. The van der Waals surface area contributed by atoms with Gasteiger partial charge in [0.25, 0.3) is 0 Å². The lowest BCUT2D eigenvalue weighted by Crippen LogP contribution is -2.18. The maximum Gasteiger partial charge on any atom is 0.231 e. The van der Waals surface area contributed by atoms with Crippen LogP contribution in [0.2, 0.25) is 0 Å². The SMILES string of the molecule is CNC(CSc1nc(C)cs1)c1ccc2c(c1)OCO2. The summed E-state index contributed by atoms with van der Waals surface area (Å²) in [7, 11) is 1.98. The fourth-order valence-electron chi connectivity index (χ4n) is 2.03. The van der Waals surface area contributed by atoms with Gasteiger partial charge >= 0.3 is 0 Å². The molecule has 0 amide bonds. The van der Waals surface area contributed by atoms with Crippen LogP contribution in [0.3, 0.4) is 0 Å². The number of benzene rings is 1. The van der Waals surface area contributed by atoms with Crippen LogP contribution in [0.5, 0.6) is 11.5 Å². The van der Waals surface area contributed by atoms with Crippen molar-refractivity contribution in [3.8, 4) is 11.5 Å². The summed E-state index contributed by atoms with van der Waals surface area (Å²) in [4.78, 5) is 4.48.